The Bertz CT molecular complexity index is 929. The van der Waals surface area contributed by atoms with Gasteiger partial charge in [0, 0.05) is 13.1 Å². The molecule has 0 amide bonds. The highest BCUT2D eigenvalue weighted by Gasteiger charge is 2.17. The number of rotatable bonds is 4. The minimum atomic E-state index is -0.483. The first-order valence-electron chi connectivity index (χ1n) is 7.47. The van der Waals surface area contributed by atoms with Crippen molar-refractivity contribution in [2.45, 2.75) is 6.92 Å². The van der Waals surface area contributed by atoms with E-state index in [0.29, 0.717) is 17.1 Å². The van der Waals surface area contributed by atoms with E-state index in [-0.39, 0.29) is 11.2 Å². The van der Waals surface area contributed by atoms with Gasteiger partial charge in [0.15, 0.2) is 0 Å². The van der Waals surface area contributed by atoms with Gasteiger partial charge in [-0.25, -0.2) is 9.07 Å². The van der Waals surface area contributed by atoms with E-state index in [0.717, 1.165) is 5.69 Å². The largest absolute Gasteiger partial charge is 0.497 e. The molecule has 0 unspecified atom stereocenters. The van der Waals surface area contributed by atoms with Crippen LogP contribution >= 0.6 is 0 Å². The Morgan fingerprint density at radius 1 is 1.12 bits per heavy atom. The van der Waals surface area contributed by atoms with Crippen LogP contribution in [0.1, 0.15) is 5.69 Å². The summed E-state index contributed by atoms with van der Waals surface area (Å²) in [6.45, 7) is 1.81. The number of hydrogen-bond donors (Lipinski definition) is 1. The van der Waals surface area contributed by atoms with Crippen molar-refractivity contribution in [2.24, 2.45) is 7.05 Å². The van der Waals surface area contributed by atoms with Gasteiger partial charge in [-0.3, -0.25) is 9.48 Å². The number of nitrogens with zero attached hydrogens (tertiary/aromatic N) is 2. The second-order valence-corrected chi connectivity index (χ2v) is 5.41. The van der Waals surface area contributed by atoms with E-state index in [9.17, 15) is 9.18 Å². The highest BCUT2D eigenvalue weighted by molar-refractivity contribution is 5.63. The minimum Gasteiger partial charge on any atom is -0.497 e. The van der Waals surface area contributed by atoms with E-state index in [1.54, 1.807) is 28.5 Å². The van der Waals surface area contributed by atoms with Crippen LogP contribution in [0, 0.1) is 12.7 Å². The minimum absolute atomic E-state index is 0.224. The molecule has 1 aromatic heterocycles. The third kappa shape index (κ3) is 2.67. The maximum Gasteiger partial charge on any atom is 0.295 e. The van der Waals surface area contributed by atoms with Crippen molar-refractivity contribution in [1.82, 2.24) is 9.36 Å². The van der Waals surface area contributed by atoms with Crippen LogP contribution < -0.4 is 15.6 Å². The molecule has 1 N–H and O–H groups in total. The van der Waals surface area contributed by atoms with E-state index in [1.807, 2.05) is 37.3 Å². The monoisotopic (exact) mass is 327 g/mol. The fourth-order valence-electron chi connectivity index (χ4n) is 2.57. The number of nitrogens with one attached hydrogen (secondary N) is 1. The second-order valence-electron chi connectivity index (χ2n) is 5.41. The molecule has 24 heavy (non-hydrogen) atoms. The van der Waals surface area contributed by atoms with E-state index in [1.165, 1.54) is 13.2 Å². The van der Waals surface area contributed by atoms with Gasteiger partial charge in [-0.1, -0.05) is 18.2 Å². The Hall–Kier alpha value is -3.02. The van der Waals surface area contributed by atoms with Crippen LogP contribution in [0.2, 0.25) is 0 Å². The number of methoxy groups -OCH3 is 1. The predicted molar refractivity (Wildman–Crippen MR) is 92.0 cm³/mol. The Balaban J connectivity index is 2.06. The van der Waals surface area contributed by atoms with E-state index >= 15 is 0 Å². The van der Waals surface area contributed by atoms with Crippen molar-refractivity contribution in [1.29, 1.82) is 0 Å². The third-order valence-electron chi connectivity index (χ3n) is 3.99. The van der Waals surface area contributed by atoms with Gasteiger partial charge in [-0.2, -0.15) is 0 Å². The summed E-state index contributed by atoms with van der Waals surface area (Å²) in [4.78, 5) is 12.8. The van der Waals surface area contributed by atoms with Gasteiger partial charge in [0.25, 0.3) is 5.56 Å². The summed E-state index contributed by atoms with van der Waals surface area (Å²) in [5, 5.41) is 2.91. The zero-order chi connectivity index (χ0) is 17.3. The summed E-state index contributed by atoms with van der Waals surface area (Å²) < 4.78 is 22.4. The van der Waals surface area contributed by atoms with Crippen molar-refractivity contribution in [2.75, 3.05) is 12.4 Å². The molecule has 0 spiro atoms. The zero-order valence-electron chi connectivity index (χ0n) is 13.7. The highest BCUT2D eigenvalue weighted by Crippen LogP contribution is 2.24. The van der Waals surface area contributed by atoms with E-state index in [2.05, 4.69) is 5.32 Å². The first kappa shape index (κ1) is 15.9. The molecule has 0 aliphatic rings. The van der Waals surface area contributed by atoms with Crippen LogP contribution in [0.4, 0.5) is 15.8 Å². The summed E-state index contributed by atoms with van der Waals surface area (Å²) in [6, 6.07) is 13.8. The number of benzene rings is 2. The average Bonchev–Trinajstić information content (AvgIpc) is 2.80. The molecular formula is C18H18FN3O2. The molecular weight excluding hydrogens is 309 g/mol. The zero-order valence-corrected chi connectivity index (χ0v) is 13.7. The van der Waals surface area contributed by atoms with Crippen molar-refractivity contribution in [3.05, 3.63) is 70.4 Å². The lowest BCUT2D eigenvalue weighted by Gasteiger charge is -2.08. The number of para-hydroxylation sites is 1. The molecule has 0 radical (unpaired) electrons. The Kier molecular flexibility index (Phi) is 4.12. The summed E-state index contributed by atoms with van der Waals surface area (Å²) in [5.74, 6) is -0.0622. The lowest BCUT2D eigenvalue weighted by atomic mass is 10.2. The molecule has 0 saturated heterocycles. The molecule has 2 aromatic carbocycles. The molecule has 0 aliphatic heterocycles. The smallest absolute Gasteiger partial charge is 0.295 e. The molecule has 0 aliphatic carbocycles. The second kappa shape index (κ2) is 6.23. The number of halogens is 1. The molecule has 1 heterocycles. The van der Waals surface area contributed by atoms with Crippen LogP contribution in [-0.4, -0.2) is 16.5 Å². The fraction of sp³-hybridized carbons (Fsp3) is 0.167. The molecule has 124 valence electrons. The highest BCUT2D eigenvalue weighted by atomic mass is 19.1. The van der Waals surface area contributed by atoms with Crippen LogP contribution in [0.3, 0.4) is 0 Å². The Labute approximate surface area is 138 Å². The van der Waals surface area contributed by atoms with Crippen LogP contribution in [0.5, 0.6) is 5.75 Å². The number of aromatic nitrogens is 2. The molecule has 0 bridgehead atoms. The van der Waals surface area contributed by atoms with E-state index < -0.39 is 5.82 Å². The molecule has 5 nitrogen and oxygen atoms in total. The molecule has 6 heteroatoms. The summed E-state index contributed by atoms with van der Waals surface area (Å²) in [7, 11) is 3.26. The van der Waals surface area contributed by atoms with Crippen molar-refractivity contribution < 1.29 is 9.13 Å². The maximum absolute atomic E-state index is 14.2. The van der Waals surface area contributed by atoms with E-state index in [4.69, 9.17) is 4.74 Å². The molecule has 0 saturated carbocycles. The van der Waals surface area contributed by atoms with Crippen molar-refractivity contribution >= 4 is 11.4 Å². The van der Waals surface area contributed by atoms with Crippen molar-refractivity contribution in [3.8, 4) is 11.4 Å². The quantitative estimate of drug-likeness (QED) is 0.799. The molecule has 3 rings (SSSR count). The maximum atomic E-state index is 14.2. The van der Waals surface area contributed by atoms with Crippen LogP contribution in [-0.2, 0) is 7.05 Å². The SMILES string of the molecule is COc1ccc(Nc2c(C)n(C)n(-c3ccccc3)c2=O)c(F)c1. The standard InChI is InChI=1S/C18H18FN3O2/c1-12-17(20-16-10-9-14(24-3)11-15(16)19)18(23)22(21(12)2)13-7-5-4-6-8-13/h4-11,20H,1-3H3. The predicted octanol–water partition coefficient (Wildman–Crippen LogP) is 3.38. The summed E-state index contributed by atoms with van der Waals surface area (Å²) >= 11 is 0. The van der Waals surface area contributed by atoms with Gasteiger partial charge >= 0.3 is 0 Å². The van der Waals surface area contributed by atoms with Gasteiger partial charge in [0.2, 0.25) is 0 Å². The summed E-state index contributed by atoms with van der Waals surface area (Å²) in [6.07, 6.45) is 0. The fourth-order valence-corrected chi connectivity index (χ4v) is 2.57. The Morgan fingerprint density at radius 3 is 2.46 bits per heavy atom. The topological polar surface area (TPSA) is 48.2 Å². The number of hydrogen-bond acceptors (Lipinski definition) is 3. The Morgan fingerprint density at radius 2 is 1.83 bits per heavy atom. The van der Waals surface area contributed by atoms with Crippen LogP contribution in [0.15, 0.2) is 53.3 Å². The van der Waals surface area contributed by atoms with Gasteiger partial charge in [-0.05, 0) is 31.2 Å². The number of ether oxygens (including phenoxy) is 1. The van der Waals surface area contributed by atoms with Crippen LogP contribution in [0.25, 0.3) is 5.69 Å². The first-order valence-corrected chi connectivity index (χ1v) is 7.47. The third-order valence-corrected chi connectivity index (χ3v) is 3.99. The van der Waals surface area contributed by atoms with Gasteiger partial charge in [-0.15, -0.1) is 0 Å². The average molecular weight is 327 g/mol. The van der Waals surface area contributed by atoms with Gasteiger partial charge in [0.05, 0.1) is 24.2 Å². The molecule has 0 fully saturated rings. The lowest BCUT2D eigenvalue weighted by molar-refractivity contribution is 0.411. The van der Waals surface area contributed by atoms with Crippen molar-refractivity contribution in [3.63, 3.8) is 0 Å². The molecule has 3 aromatic rings. The van der Waals surface area contributed by atoms with Gasteiger partial charge < -0.3 is 10.1 Å². The summed E-state index contributed by atoms with van der Waals surface area (Å²) in [5.41, 5.74) is 1.78. The first-order chi connectivity index (χ1) is 11.5. The normalized spacial score (nSPS) is 10.7. The lowest BCUT2D eigenvalue weighted by Crippen LogP contribution is -2.20. The van der Waals surface area contributed by atoms with Gasteiger partial charge in [0.1, 0.15) is 17.3 Å². The molecule has 0 atom stereocenters. The number of anilines is 2.